The number of hydrogen-bond acceptors (Lipinski definition) is 4. The second kappa shape index (κ2) is 5.20. The first-order valence-corrected chi connectivity index (χ1v) is 4.68. The number of rotatable bonds is 2. The van der Waals surface area contributed by atoms with Gasteiger partial charge in [0, 0.05) is 26.7 Å². The van der Waals surface area contributed by atoms with Gasteiger partial charge in [-0.25, -0.2) is 0 Å². The quantitative estimate of drug-likeness (QED) is 0.510. The number of allylic oxidation sites excluding steroid dienone is 2. The van der Waals surface area contributed by atoms with E-state index in [0.29, 0.717) is 18.6 Å². The molecule has 80 valence electrons. The Morgan fingerprint density at radius 3 is 2.47 bits per heavy atom. The highest BCUT2D eigenvalue weighted by Crippen LogP contribution is 2.18. The van der Waals surface area contributed by atoms with Gasteiger partial charge in [0.1, 0.15) is 0 Å². The third-order valence-corrected chi connectivity index (χ3v) is 1.67. The van der Waals surface area contributed by atoms with Crippen LogP contribution in [-0.4, -0.2) is 11.9 Å². The number of hydrogen-bond donors (Lipinski definition) is 0. The highest BCUT2D eigenvalue weighted by molar-refractivity contribution is 5.70. The van der Waals surface area contributed by atoms with Crippen LogP contribution in [0.4, 0.5) is 0 Å². The predicted octanol–water partition coefficient (Wildman–Crippen LogP) is 1.51. The van der Waals surface area contributed by atoms with E-state index in [2.05, 4.69) is 11.8 Å². The zero-order valence-corrected chi connectivity index (χ0v) is 8.75. The van der Waals surface area contributed by atoms with Gasteiger partial charge in [-0.15, -0.1) is 0 Å². The minimum atomic E-state index is -0.467. The van der Waals surface area contributed by atoms with Gasteiger partial charge in [0.2, 0.25) is 5.76 Å². The molecule has 0 heterocycles. The molecule has 15 heavy (non-hydrogen) atoms. The second-order valence-corrected chi connectivity index (χ2v) is 3.09. The molecule has 0 aromatic heterocycles. The molecule has 0 amide bonds. The average molecular weight is 208 g/mol. The Morgan fingerprint density at radius 1 is 1.20 bits per heavy atom. The SMILES string of the molecule is CC(=O)OC1=C(OC(C)=O)CCCC#C1. The van der Waals surface area contributed by atoms with Crippen molar-refractivity contribution in [3.05, 3.63) is 11.5 Å². The summed E-state index contributed by atoms with van der Waals surface area (Å²) >= 11 is 0. The number of carbonyl (C=O) groups excluding carboxylic acids is 2. The molecule has 1 aliphatic rings. The van der Waals surface area contributed by atoms with Crippen LogP contribution in [0.5, 0.6) is 0 Å². The summed E-state index contributed by atoms with van der Waals surface area (Å²) in [4.78, 5) is 21.6. The average Bonchev–Trinajstić information content (AvgIpc) is 2.30. The van der Waals surface area contributed by atoms with E-state index in [1.807, 2.05) is 0 Å². The fourth-order valence-corrected chi connectivity index (χ4v) is 1.16. The monoisotopic (exact) mass is 208 g/mol. The summed E-state index contributed by atoms with van der Waals surface area (Å²) in [5.74, 6) is 5.12. The number of ether oxygens (including phenoxy) is 2. The molecule has 0 saturated carbocycles. The molecule has 0 unspecified atom stereocenters. The highest BCUT2D eigenvalue weighted by Gasteiger charge is 2.14. The summed E-state index contributed by atoms with van der Waals surface area (Å²) in [5.41, 5.74) is 0. The van der Waals surface area contributed by atoms with Gasteiger partial charge in [0.05, 0.1) is 0 Å². The minimum Gasteiger partial charge on any atom is -0.427 e. The lowest BCUT2D eigenvalue weighted by Gasteiger charge is -2.08. The molecular formula is C11H12O4. The Bertz CT molecular complexity index is 368. The van der Waals surface area contributed by atoms with E-state index in [0.717, 1.165) is 6.42 Å². The largest absolute Gasteiger partial charge is 0.427 e. The van der Waals surface area contributed by atoms with Crippen LogP contribution in [0.25, 0.3) is 0 Å². The summed E-state index contributed by atoms with van der Waals surface area (Å²) in [6, 6.07) is 0. The van der Waals surface area contributed by atoms with Gasteiger partial charge in [-0.3, -0.25) is 9.59 Å². The molecule has 0 fully saturated rings. The second-order valence-electron chi connectivity index (χ2n) is 3.09. The van der Waals surface area contributed by atoms with Crippen LogP contribution in [0.1, 0.15) is 33.1 Å². The van der Waals surface area contributed by atoms with Crippen molar-refractivity contribution in [2.45, 2.75) is 33.1 Å². The van der Waals surface area contributed by atoms with E-state index in [9.17, 15) is 9.59 Å². The molecular weight excluding hydrogens is 196 g/mol. The molecule has 0 N–H and O–H groups in total. The molecule has 0 spiro atoms. The maximum Gasteiger partial charge on any atom is 0.308 e. The van der Waals surface area contributed by atoms with Crippen LogP contribution >= 0.6 is 0 Å². The van der Waals surface area contributed by atoms with E-state index in [4.69, 9.17) is 9.47 Å². The van der Waals surface area contributed by atoms with Gasteiger partial charge in [-0.05, 0) is 12.3 Å². The Kier molecular flexibility index (Phi) is 3.92. The van der Waals surface area contributed by atoms with E-state index in [1.165, 1.54) is 13.8 Å². The van der Waals surface area contributed by atoms with Crippen molar-refractivity contribution in [2.75, 3.05) is 0 Å². The van der Waals surface area contributed by atoms with Crippen LogP contribution < -0.4 is 0 Å². The van der Waals surface area contributed by atoms with Gasteiger partial charge in [-0.1, -0.05) is 5.92 Å². The van der Waals surface area contributed by atoms with Crippen LogP contribution in [0.15, 0.2) is 11.5 Å². The first kappa shape index (κ1) is 11.3. The number of esters is 2. The standard InChI is InChI=1S/C11H12O4/c1-8(12)14-10-6-4-3-5-7-11(10)15-9(2)13/h3-4,6H2,1-2H3. The van der Waals surface area contributed by atoms with Crippen LogP contribution in [0.3, 0.4) is 0 Å². The molecule has 0 atom stereocenters. The molecule has 0 aromatic rings. The molecule has 0 saturated heterocycles. The molecule has 1 aliphatic carbocycles. The molecule has 1 rings (SSSR count). The van der Waals surface area contributed by atoms with Gasteiger partial charge in [0.25, 0.3) is 0 Å². The lowest BCUT2D eigenvalue weighted by atomic mass is 10.2. The topological polar surface area (TPSA) is 52.6 Å². The van der Waals surface area contributed by atoms with Crippen molar-refractivity contribution in [2.24, 2.45) is 0 Å². The maximum atomic E-state index is 10.8. The molecule has 4 nitrogen and oxygen atoms in total. The fourth-order valence-electron chi connectivity index (χ4n) is 1.16. The van der Waals surface area contributed by atoms with Gasteiger partial charge in [0.15, 0.2) is 5.76 Å². The summed E-state index contributed by atoms with van der Waals surface area (Å²) in [5, 5.41) is 0. The van der Waals surface area contributed by atoms with Gasteiger partial charge < -0.3 is 9.47 Å². The van der Waals surface area contributed by atoms with E-state index in [-0.39, 0.29) is 5.76 Å². The lowest BCUT2D eigenvalue weighted by molar-refractivity contribution is -0.140. The molecule has 0 radical (unpaired) electrons. The summed E-state index contributed by atoms with van der Waals surface area (Å²) < 4.78 is 9.82. The van der Waals surface area contributed by atoms with Crippen molar-refractivity contribution < 1.29 is 19.1 Å². The Balaban J connectivity index is 2.90. The van der Waals surface area contributed by atoms with Crippen LogP contribution in [-0.2, 0) is 19.1 Å². The van der Waals surface area contributed by atoms with E-state index < -0.39 is 11.9 Å². The lowest BCUT2D eigenvalue weighted by Crippen LogP contribution is -2.06. The predicted molar refractivity (Wildman–Crippen MR) is 52.2 cm³/mol. The Morgan fingerprint density at radius 2 is 1.87 bits per heavy atom. The first-order valence-electron chi connectivity index (χ1n) is 4.68. The summed E-state index contributed by atoms with van der Waals surface area (Å²) in [6.07, 6.45) is 2.04. The first-order chi connectivity index (χ1) is 7.09. The van der Waals surface area contributed by atoms with Crippen molar-refractivity contribution in [1.82, 2.24) is 0 Å². The fraction of sp³-hybridized carbons (Fsp3) is 0.455. The third kappa shape index (κ3) is 3.86. The van der Waals surface area contributed by atoms with Crippen molar-refractivity contribution in [1.29, 1.82) is 0 Å². The van der Waals surface area contributed by atoms with Crippen molar-refractivity contribution in [3.63, 3.8) is 0 Å². The normalized spacial score (nSPS) is 14.8. The van der Waals surface area contributed by atoms with Gasteiger partial charge in [-0.2, -0.15) is 0 Å². The maximum absolute atomic E-state index is 10.8. The smallest absolute Gasteiger partial charge is 0.308 e. The number of carbonyl (C=O) groups is 2. The third-order valence-electron chi connectivity index (χ3n) is 1.67. The molecule has 0 aliphatic heterocycles. The minimum absolute atomic E-state index is 0.162. The molecule has 0 aromatic carbocycles. The Hall–Kier alpha value is -1.76. The summed E-state index contributed by atoms with van der Waals surface area (Å²) in [7, 11) is 0. The Labute approximate surface area is 88.2 Å². The zero-order chi connectivity index (χ0) is 11.3. The van der Waals surface area contributed by atoms with E-state index >= 15 is 0 Å². The summed E-state index contributed by atoms with van der Waals surface area (Å²) in [6.45, 7) is 2.58. The molecule has 0 bridgehead atoms. The van der Waals surface area contributed by atoms with Gasteiger partial charge >= 0.3 is 11.9 Å². The van der Waals surface area contributed by atoms with Crippen LogP contribution in [0.2, 0.25) is 0 Å². The van der Waals surface area contributed by atoms with Crippen molar-refractivity contribution >= 4 is 11.9 Å². The zero-order valence-electron chi connectivity index (χ0n) is 8.75. The van der Waals surface area contributed by atoms with E-state index in [1.54, 1.807) is 0 Å². The van der Waals surface area contributed by atoms with Crippen LogP contribution in [0, 0.1) is 11.8 Å². The molecule has 4 heteroatoms. The van der Waals surface area contributed by atoms with Crippen molar-refractivity contribution in [3.8, 4) is 11.8 Å². The highest BCUT2D eigenvalue weighted by atomic mass is 16.6.